The molecule has 0 spiro atoms. The molecule has 0 radical (unpaired) electrons. The molecule has 0 amide bonds. The molecule has 1 unspecified atom stereocenters. The van der Waals surface area contributed by atoms with Crippen LogP contribution >= 0.6 is 0 Å². The molecule has 2 rings (SSSR count). The second-order valence-electron chi connectivity index (χ2n) is 5.05. The van der Waals surface area contributed by atoms with Crippen molar-refractivity contribution in [3.63, 3.8) is 0 Å². The molecule has 5 nitrogen and oxygen atoms in total. The highest BCUT2D eigenvalue weighted by Crippen LogP contribution is 2.18. The van der Waals surface area contributed by atoms with E-state index in [1.54, 1.807) is 4.31 Å². The van der Waals surface area contributed by atoms with Gasteiger partial charge in [0.2, 0.25) is 0 Å². The molecule has 0 aliphatic carbocycles. The van der Waals surface area contributed by atoms with Crippen molar-refractivity contribution >= 4 is 10.2 Å². The van der Waals surface area contributed by atoms with E-state index in [1.807, 2.05) is 6.92 Å². The molecule has 6 heteroatoms. The van der Waals surface area contributed by atoms with Crippen molar-refractivity contribution in [3.05, 3.63) is 0 Å². The Morgan fingerprint density at radius 3 is 2.50 bits per heavy atom. The van der Waals surface area contributed by atoms with Crippen molar-refractivity contribution in [2.24, 2.45) is 0 Å². The first-order valence-corrected chi connectivity index (χ1v) is 7.46. The van der Waals surface area contributed by atoms with E-state index in [0.29, 0.717) is 13.1 Å². The van der Waals surface area contributed by atoms with Gasteiger partial charge in [-0.15, -0.1) is 0 Å². The lowest BCUT2D eigenvalue weighted by atomic mass is 10.0. The topological polar surface area (TPSA) is 61.4 Å². The summed E-state index contributed by atoms with van der Waals surface area (Å²) in [5.41, 5.74) is -0.309. The third-order valence-corrected chi connectivity index (χ3v) is 5.19. The zero-order valence-electron chi connectivity index (χ0n) is 9.83. The summed E-state index contributed by atoms with van der Waals surface area (Å²) < 4.78 is 28.7. The van der Waals surface area contributed by atoms with E-state index in [4.69, 9.17) is 0 Å². The molecule has 2 fully saturated rings. The molecule has 0 aromatic heterocycles. The van der Waals surface area contributed by atoms with Crippen LogP contribution in [0, 0.1) is 0 Å². The summed E-state index contributed by atoms with van der Waals surface area (Å²) >= 11 is 0. The maximum absolute atomic E-state index is 12.1. The second-order valence-corrected chi connectivity index (χ2v) is 6.72. The van der Waals surface area contributed by atoms with Gasteiger partial charge in [0.1, 0.15) is 0 Å². The third kappa shape index (κ3) is 2.74. The van der Waals surface area contributed by atoms with Gasteiger partial charge in [-0.1, -0.05) is 6.42 Å². The average molecular weight is 247 g/mol. The van der Waals surface area contributed by atoms with E-state index < -0.39 is 10.2 Å². The summed E-state index contributed by atoms with van der Waals surface area (Å²) in [5.74, 6) is 0. The lowest BCUT2D eigenvalue weighted by molar-refractivity contribution is 0.329. The van der Waals surface area contributed by atoms with E-state index >= 15 is 0 Å². The van der Waals surface area contributed by atoms with Crippen molar-refractivity contribution in [2.75, 3.05) is 26.2 Å². The highest BCUT2D eigenvalue weighted by atomic mass is 32.2. The Labute approximate surface area is 97.8 Å². The number of rotatable bonds is 3. The number of nitrogens with one attached hydrogen (secondary N) is 2. The summed E-state index contributed by atoms with van der Waals surface area (Å²) in [7, 11) is -3.28. The van der Waals surface area contributed by atoms with Gasteiger partial charge in [-0.25, -0.2) is 0 Å². The van der Waals surface area contributed by atoms with E-state index in [1.165, 1.54) is 0 Å². The number of hydrogen-bond acceptors (Lipinski definition) is 3. The van der Waals surface area contributed by atoms with Gasteiger partial charge in [-0.05, 0) is 32.7 Å². The van der Waals surface area contributed by atoms with Gasteiger partial charge in [0.15, 0.2) is 0 Å². The van der Waals surface area contributed by atoms with Crippen LogP contribution in [-0.4, -0.2) is 44.4 Å². The van der Waals surface area contributed by atoms with E-state index in [2.05, 4.69) is 10.0 Å². The van der Waals surface area contributed by atoms with Crippen LogP contribution in [0.3, 0.4) is 0 Å². The maximum Gasteiger partial charge on any atom is 0.279 e. The van der Waals surface area contributed by atoms with Gasteiger partial charge in [0, 0.05) is 25.2 Å². The third-order valence-electron chi connectivity index (χ3n) is 3.40. The SMILES string of the molecule is CC1(NS(=O)(=O)N2CCCCC2)CCNC1. The van der Waals surface area contributed by atoms with Crippen LogP contribution in [-0.2, 0) is 10.2 Å². The van der Waals surface area contributed by atoms with Crippen molar-refractivity contribution in [2.45, 2.75) is 38.1 Å². The predicted octanol–water partition coefficient (Wildman–Crippen LogP) is 0.0587. The molecule has 2 aliphatic rings. The summed E-state index contributed by atoms with van der Waals surface area (Å²) in [6.07, 6.45) is 3.97. The molecule has 0 bridgehead atoms. The van der Waals surface area contributed by atoms with E-state index in [0.717, 1.165) is 38.8 Å². The summed E-state index contributed by atoms with van der Waals surface area (Å²) in [6, 6.07) is 0. The summed E-state index contributed by atoms with van der Waals surface area (Å²) in [6.45, 7) is 4.91. The summed E-state index contributed by atoms with van der Waals surface area (Å²) in [4.78, 5) is 0. The van der Waals surface area contributed by atoms with Gasteiger partial charge >= 0.3 is 0 Å². The molecule has 2 aliphatic heterocycles. The molecule has 0 aromatic rings. The fourth-order valence-electron chi connectivity index (χ4n) is 2.39. The van der Waals surface area contributed by atoms with Crippen LogP contribution in [0.25, 0.3) is 0 Å². The largest absolute Gasteiger partial charge is 0.315 e. The normalized spacial score (nSPS) is 33.1. The minimum Gasteiger partial charge on any atom is -0.315 e. The minimum atomic E-state index is -3.28. The smallest absolute Gasteiger partial charge is 0.279 e. The van der Waals surface area contributed by atoms with Crippen LogP contribution in [0.5, 0.6) is 0 Å². The summed E-state index contributed by atoms with van der Waals surface area (Å²) in [5, 5.41) is 3.19. The Morgan fingerprint density at radius 2 is 1.94 bits per heavy atom. The first kappa shape index (κ1) is 12.3. The quantitative estimate of drug-likeness (QED) is 0.741. The lowest BCUT2D eigenvalue weighted by Crippen LogP contribution is -2.53. The predicted molar refractivity (Wildman–Crippen MR) is 63.4 cm³/mol. The molecule has 0 saturated carbocycles. The Kier molecular flexibility index (Phi) is 3.53. The van der Waals surface area contributed by atoms with Crippen molar-refractivity contribution in [3.8, 4) is 0 Å². The molecule has 2 heterocycles. The maximum atomic E-state index is 12.1. The van der Waals surface area contributed by atoms with Crippen LogP contribution in [0.4, 0.5) is 0 Å². The molecule has 2 N–H and O–H groups in total. The molecule has 94 valence electrons. The Balaban J connectivity index is 2.01. The minimum absolute atomic E-state index is 0.309. The fourth-order valence-corrected chi connectivity index (χ4v) is 4.05. The number of piperidine rings is 1. The molecule has 1 atom stereocenters. The first-order chi connectivity index (χ1) is 7.52. The van der Waals surface area contributed by atoms with Gasteiger partial charge < -0.3 is 5.32 Å². The first-order valence-electron chi connectivity index (χ1n) is 6.02. The Hall–Kier alpha value is -0.170. The van der Waals surface area contributed by atoms with E-state index in [-0.39, 0.29) is 5.54 Å². The zero-order chi connectivity index (χ0) is 11.6. The molecule has 16 heavy (non-hydrogen) atoms. The van der Waals surface area contributed by atoms with Gasteiger partial charge in [0.25, 0.3) is 10.2 Å². The average Bonchev–Trinajstić information content (AvgIpc) is 2.65. The molecule has 0 aromatic carbocycles. The number of hydrogen-bond donors (Lipinski definition) is 2. The number of nitrogens with zero attached hydrogens (tertiary/aromatic N) is 1. The van der Waals surface area contributed by atoms with Gasteiger partial charge in [-0.3, -0.25) is 0 Å². The molecule has 2 saturated heterocycles. The van der Waals surface area contributed by atoms with Crippen molar-refractivity contribution < 1.29 is 8.42 Å². The van der Waals surface area contributed by atoms with Crippen molar-refractivity contribution in [1.29, 1.82) is 0 Å². The fraction of sp³-hybridized carbons (Fsp3) is 1.00. The lowest BCUT2D eigenvalue weighted by Gasteiger charge is -2.31. The van der Waals surface area contributed by atoms with E-state index in [9.17, 15) is 8.42 Å². The Morgan fingerprint density at radius 1 is 1.25 bits per heavy atom. The standard InChI is InChI=1S/C10H21N3O2S/c1-10(5-6-11-9-10)12-16(14,15)13-7-3-2-4-8-13/h11-12H,2-9H2,1H3. The molecular weight excluding hydrogens is 226 g/mol. The van der Waals surface area contributed by atoms with Crippen LogP contribution in [0.15, 0.2) is 0 Å². The zero-order valence-corrected chi connectivity index (χ0v) is 10.6. The van der Waals surface area contributed by atoms with Gasteiger partial charge in [-0.2, -0.15) is 17.4 Å². The van der Waals surface area contributed by atoms with Crippen LogP contribution in [0.2, 0.25) is 0 Å². The second kappa shape index (κ2) is 4.60. The van der Waals surface area contributed by atoms with Crippen LogP contribution < -0.4 is 10.0 Å². The van der Waals surface area contributed by atoms with Crippen LogP contribution in [0.1, 0.15) is 32.6 Å². The van der Waals surface area contributed by atoms with Gasteiger partial charge in [0.05, 0.1) is 0 Å². The Bertz CT molecular complexity index is 330. The highest BCUT2D eigenvalue weighted by molar-refractivity contribution is 7.87. The highest BCUT2D eigenvalue weighted by Gasteiger charge is 2.35. The monoisotopic (exact) mass is 247 g/mol. The van der Waals surface area contributed by atoms with Crippen molar-refractivity contribution in [1.82, 2.24) is 14.3 Å². The molecular formula is C10H21N3O2S.